The summed E-state index contributed by atoms with van der Waals surface area (Å²) in [5.74, 6) is -13.3. The highest BCUT2D eigenvalue weighted by Crippen LogP contribution is 2.30. The quantitative estimate of drug-likeness (QED) is 0.114. The van der Waals surface area contributed by atoms with Crippen LogP contribution in [0.4, 0.5) is 22.0 Å². The second-order valence-corrected chi connectivity index (χ2v) is 7.41. The lowest BCUT2D eigenvalue weighted by Gasteiger charge is -2.11. The molecule has 1 aromatic heterocycles. The molecule has 0 atom stereocenters. The number of benzene rings is 3. The van der Waals surface area contributed by atoms with Crippen LogP contribution in [0.2, 0.25) is 0 Å². The van der Waals surface area contributed by atoms with Crippen LogP contribution < -0.4 is 19.6 Å². The number of ether oxygens (including phenoxy) is 3. The summed E-state index contributed by atoms with van der Waals surface area (Å²) < 4.78 is 87.3. The molecule has 11 heteroatoms. The van der Waals surface area contributed by atoms with Gasteiger partial charge in [-0.25, -0.2) is 18.0 Å². The smallest absolute Gasteiger partial charge is 0.349 e. The first-order valence-corrected chi connectivity index (χ1v) is 10.2. The Balaban J connectivity index is 1.55. The molecule has 186 valence electrons. The number of carbonyl (C=O) groups is 1. The molecule has 4 aromatic rings. The largest absolute Gasteiger partial charge is 0.497 e. The van der Waals surface area contributed by atoms with Crippen LogP contribution in [0.5, 0.6) is 17.2 Å². The standard InChI is InChI=1S/C25H15F5O6/c1-11-18(12-3-5-13(33-2)6-4-12)24(32)15-8-7-14(9-16(15)35-11)36-17(31)10-34-25-22(29)20(27)19(26)21(28)23(25)30/h3-9H,10H2,1-2H3. The molecule has 0 amide bonds. The van der Waals surface area contributed by atoms with Gasteiger partial charge in [0.15, 0.2) is 12.4 Å². The minimum atomic E-state index is -2.36. The third-order valence-corrected chi connectivity index (χ3v) is 5.15. The van der Waals surface area contributed by atoms with Crippen molar-refractivity contribution >= 4 is 16.9 Å². The van der Waals surface area contributed by atoms with Crippen molar-refractivity contribution < 1.29 is 45.4 Å². The minimum Gasteiger partial charge on any atom is -0.497 e. The van der Waals surface area contributed by atoms with Gasteiger partial charge in [-0.3, -0.25) is 4.79 Å². The summed E-state index contributed by atoms with van der Waals surface area (Å²) in [7, 11) is 1.51. The maximum absolute atomic E-state index is 13.7. The van der Waals surface area contributed by atoms with Gasteiger partial charge >= 0.3 is 5.97 Å². The van der Waals surface area contributed by atoms with Crippen LogP contribution in [0, 0.1) is 36.0 Å². The first kappa shape index (κ1) is 24.7. The van der Waals surface area contributed by atoms with Gasteiger partial charge in [0, 0.05) is 6.07 Å². The molecule has 0 aliphatic rings. The van der Waals surface area contributed by atoms with Gasteiger partial charge in [0.2, 0.25) is 34.5 Å². The van der Waals surface area contributed by atoms with Crippen molar-refractivity contribution in [1.29, 1.82) is 0 Å². The number of aryl methyl sites for hydroxylation is 1. The van der Waals surface area contributed by atoms with Crippen molar-refractivity contribution in [3.05, 3.63) is 87.5 Å². The fourth-order valence-electron chi connectivity index (χ4n) is 3.44. The fourth-order valence-corrected chi connectivity index (χ4v) is 3.44. The summed E-state index contributed by atoms with van der Waals surface area (Å²) in [5, 5.41) is 0.184. The Morgan fingerprint density at radius 3 is 2.06 bits per heavy atom. The minimum absolute atomic E-state index is 0.0840. The van der Waals surface area contributed by atoms with E-state index >= 15 is 0 Å². The Bertz CT molecular complexity index is 1520. The fraction of sp³-hybridized carbons (Fsp3) is 0.120. The molecule has 0 bridgehead atoms. The summed E-state index contributed by atoms with van der Waals surface area (Å²) in [5.41, 5.74) is 0.669. The van der Waals surface area contributed by atoms with E-state index in [2.05, 4.69) is 4.74 Å². The first-order chi connectivity index (χ1) is 17.1. The number of methoxy groups -OCH3 is 1. The summed E-state index contributed by atoms with van der Waals surface area (Å²) in [6.45, 7) is 0.409. The first-order valence-electron chi connectivity index (χ1n) is 10.2. The number of hydrogen-bond acceptors (Lipinski definition) is 6. The van der Waals surface area contributed by atoms with E-state index in [1.807, 2.05) is 0 Å². The highest BCUT2D eigenvalue weighted by molar-refractivity contribution is 5.84. The topological polar surface area (TPSA) is 75.0 Å². The number of esters is 1. The molecule has 0 spiro atoms. The van der Waals surface area contributed by atoms with Crippen LogP contribution in [0.3, 0.4) is 0 Å². The van der Waals surface area contributed by atoms with Gasteiger partial charge in [-0.1, -0.05) is 12.1 Å². The van der Waals surface area contributed by atoms with E-state index in [0.717, 1.165) is 0 Å². The van der Waals surface area contributed by atoms with Gasteiger partial charge in [-0.15, -0.1) is 0 Å². The van der Waals surface area contributed by atoms with Crippen molar-refractivity contribution in [2.75, 3.05) is 13.7 Å². The number of halogens is 5. The van der Waals surface area contributed by atoms with E-state index < -0.39 is 47.4 Å². The maximum atomic E-state index is 13.7. The van der Waals surface area contributed by atoms with Gasteiger partial charge < -0.3 is 18.6 Å². The number of fused-ring (bicyclic) bond motifs is 1. The van der Waals surface area contributed by atoms with Gasteiger partial charge in [0.05, 0.1) is 18.1 Å². The van der Waals surface area contributed by atoms with Gasteiger partial charge in [0.1, 0.15) is 22.8 Å². The van der Waals surface area contributed by atoms with Crippen molar-refractivity contribution in [2.24, 2.45) is 0 Å². The molecule has 1 heterocycles. The number of hydrogen-bond donors (Lipinski definition) is 0. The molecule has 0 aliphatic heterocycles. The van der Waals surface area contributed by atoms with Crippen molar-refractivity contribution in [2.45, 2.75) is 6.92 Å². The Labute approximate surface area is 199 Å². The zero-order chi connectivity index (χ0) is 26.1. The van der Waals surface area contributed by atoms with Crippen LogP contribution in [0.25, 0.3) is 22.1 Å². The van der Waals surface area contributed by atoms with Crippen molar-refractivity contribution in [1.82, 2.24) is 0 Å². The van der Waals surface area contributed by atoms with Crippen LogP contribution in [-0.2, 0) is 4.79 Å². The number of rotatable bonds is 6. The Morgan fingerprint density at radius 1 is 0.861 bits per heavy atom. The maximum Gasteiger partial charge on any atom is 0.349 e. The summed E-state index contributed by atoms with van der Waals surface area (Å²) in [6.07, 6.45) is 0. The van der Waals surface area contributed by atoms with Gasteiger partial charge in [-0.05, 0) is 36.8 Å². The Morgan fingerprint density at radius 2 is 1.44 bits per heavy atom. The third kappa shape index (κ3) is 4.47. The predicted molar refractivity (Wildman–Crippen MR) is 117 cm³/mol. The van der Waals surface area contributed by atoms with Gasteiger partial charge in [-0.2, -0.15) is 8.78 Å². The molecule has 6 nitrogen and oxygen atoms in total. The molecular formula is C25H15F5O6. The summed E-state index contributed by atoms with van der Waals surface area (Å²) in [6, 6.07) is 10.6. The molecule has 0 saturated heterocycles. The number of carbonyl (C=O) groups excluding carboxylic acids is 1. The highest BCUT2D eigenvalue weighted by Gasteiger charge is 2.27. The Hall–Kier alpha value is -4.41. The lowest BCUT2D eigenvalue weighted by molar-refractivity contribution is -0.136. The van der Waals surface area contributed by atoms with Gasteiger partial charge in [0.25, 0.3) is 0 Å². The third-order valence-electron chi connectivity index (χ3n) is 5.15. The molecule has 3 aromatic carbocycles. The van der Waals surface area contributed by atoms with E-state index in [0.29, 0.717) is 16.9 Å². The molecular weight excluding hydrogens is 491 g/mol. The molecule has 0 unspecified atom stereocenters. The monoisotopic (exact) mass is 506 g/mol. The van der Waals surface area contributed by atoms with Crippen molar-refractivity contribution in [3.8, 4) is 28.4 Å². The molecule has 4 rings (SSSR count). The normalized spacial score (nSPS) is 11.0. The molecule has 0 fully saturated rings. The summed E-state index contributed by atoms with van der Waals surface area (Å²) in [4.78, 5) is 25.1. The predicted octanol–water partition coefficient (Wildman–Crippen LogP) is 5.46. The molecule has 0 aliphatic carbocycles. The van der Waals surface area contributed by atoms with Crippen molar-refractivity contribution in [3.63, 3.8) is 0 Å². The zero-order valence-electron chi connectivity index (χ0n) is 18.6. The molecule has 36 heavy (non-hydrogen) atoms. The Kier molecular flexibility index (Phi) is 6.65. The summed E-state index contributed by atoms with van der Waals surface area (Å²) >= 11 is 0. The lowest BCUT2D eigenvalue weighted by atomic mass is 10.0. The SMILES string of the molecule is COc1ccc(-c2c(C)oc3cc(OC(=O)COc4c(F)c(F)c(F)c(F)c4F)ccc3c2=O)cc1. The molecule has 0 radical (unpaired) electrons. The van der Waals surface area contributed by atoms with E-state index in [1.165, 1.54) is 25.3 Å². The van der Waals surface area contributed by atoms with Crippen LogP contribution in [-0.4, -0.2) is 19.7 Å². The second-order valence-electron chi connectivity index (χ2n) is 7.41. The molecule has 0 saturated carbocycles. The highest BCUT2D eigenvalue weighted by atomic mass is 19.2. The lowest BCUT2D eigenvalue weighted by Crippen LogP contribution is -2.19. The van der Waals surface area contributed by atoms with Crippen LogP contribution in [0.1, 0.15) is 5.76 Å². The molecule has 0 N–H and O–H groups in total. The van der Waals surface area contributed by atoms with E-state index in [1.54, 1.807) is 31.2 Å². The van der Waals surface area contributed by atoms with Crippen LogP contribution in [0.15, 0.2) is 51.7 Å². The zero-order valence-corrected chi connectivity index (χ0v) is 18.6. The average molecular weight is 506 g/mol. The van der Waals surface area contributed by atoms with E-state index in [9.17, 15) is 31.5 Å². The van der Waals surface area contributed by atoms with Crippen LogP contribution >= 0.6 is 0 Å². The second kappa shape index (κ2) is 9.68. The van der Waals surface area contributed by atoms with E-state index in [-0.39, 0.29) is 27.9 Å². The average Bonchev–Trinajstić information content (AvgIpc) is 2.86. The van der Waals surface area contributed by atoms with E-state index in [4.69, 9.17) is 13.9 Å².